The average Bonchev–Trinajstić information content (AvgIpc) is 2.62. The van der Waals surface area contributed by atoms with Crippen molar-refractivity contribution in [1.29, 1.82) is 0 Å². The maximum Gasteiger partial charge on any atom is 0.264 e. The van der Waals surface area contributed by atoms with Crippen LogP contribution in [0, 0.1) is 10.8 Å². The van der Waals surface area contributed by atoms with Crippen LogP contribution in [0.5, 0.6) is 0 Å². The highest BCUT2D eigenvalue weighted by Crippen LogP contribution is 2.63. The molecule has 0 spiro atoms. The van der Waals surface area contributed by atoms with Gasteiger partial charge in [0.2, 0.25) is 0 Å². The molecule has 4 nitrogen and oxygen atoms in total. The molecule has 1 heterocycles. The van der Waals surface area contributed by atoms with Gasteiger partial charge in [-0.3, -0.25) is 4.79 Å². The molecule has 1 unspecified atom stereocenters. The third-order valence-corrected chi connectivity index (χ3v) is 4.58. The lowest BCUT2D eigenvalue weighted by Crippen LogP contribution is -2.27. The minimum absolute atomic E-state index is 0.151. The fourth-order valence-corrected chi connectivity index (χ4v) is 2.54. The molecule has 1 fully saturated rings. The molecule has 17 heavy (non-hydrogen) atoms. The van der Waals surface area contributed by atoms with Crippen LogP contribution in [-0.4, -0.2) is 16.2 Å². The number of nitrogens with zero attached hydrogens (tertiary/aromatic N) is 1. The van der Waals surface area contributed by atoms with Crippen LogP contribution in [0.2, 0.25) is 0 Å². The van der Waals surface area contributed by atoms with E-state index in [0.717, 1.165) is 5.69 Å². The van der Waals surface area contributed by atoms with Gasteiger partial charge in [0, 0.05) is 18.2 Å². The van der Waals surface area contributed by atoms with Crippen molar-refractivity contribution in [2.24, 2.45) is 10.8 Å². The second-order valence-corrected chi connectivity index (χ2v) is 6.11. The van der Waals surface area contributed by atoms with Crippen LogP contribution in [0.4, 0.5) is 0 Å². The Bertz CT molecular complexity index is 441. The summed E-state index contributed by atoms with van der Waals surface area (Å²) < 4.78 is 0. The third-order valence-electron chi connectivity index (χ3n) is 4.58. The van der Waals surface area contributed by atoms with Crippen molar-refractivity contribution in [3.63, 3.8) is 0 Å². The molecule has 0 amide bonds. The number of nitrogens with one attached hydrogen (secondary N) is 2. The van der Waals surface area contributed by atoms with E-state index in [2.05, 4.69) is 50.1 Å². The van der Waals surface area contributed by atoms with Crippen molar-refractivity contribution >= 4 is 0 Å². The summed E-state index contributed by atoms with van der Waals surface area (Å²) in [6.45, 7) is 11.2. The van der Waals surface area contributed by atoms with Gasteiger partial charge in [-0.2, -0.15) is 5.10 Å². The number of aromatic amines is 1. The number of rotatable bonds is 3. The molecule has 1 aliphatic carbocycles. The first kappa shape index (κ1) is 12.3. The first-order valence-corrected chi connectivity index (χ1v) is 6.08. The number of H-pyrrole nitrogens is 1. The van der Waals surface area contributed by atoms with Gasteiger partial charge in [0.25, 0.3) is 5.56 Å². The molecule has 0 aliphatic heterocycles. The molecule has 4 heteroatoms. The molecule has 1 aromatic heterocycles. The summed E-state index contributed by atoms with van der Waals surface area (Å²) in [5, 5.41) is 10.1. The van der Waals surface area contributed by atoms with E-state index in [1.165, 1.54) is 6.07 Å². The van der Waals surface area contributed by atoms with Gasteiger partial charge in [-0.25, -0.2) is 5.10 Å². The summed E-state index contributed by atoms with van der Waals surface area (Å²) in [6.07, 6.45) is 0. The zero-order valence-electron chi connectivity index (χ0n) is 11.2. The van der Waals surface area contributed by atoms with E-state index < -0.39 is 0 Å². The van der Waals surface area contributed by atoms with Gasteiger partial charge < -0.3 is 5.32 Å². The summed E-state index contributed by atoms with van der Waals surface area (Å²) in [7, 11) is 0. The SMILES string of the molecule is CC(NC1C(C)(C)C1(C)C)c1ccc(=O)[nH]n1. The van der Waals surface area contributed by atoms with Crippen LogP contribution in [0.3, 0.4) is 0 Å². The molecule has 0 aromatic carbocycles. The lowest BCUT2D eigenvalue weighted by molar-refractivity contribution is 0.457. The zero-order valence-corrected chi connectivity index (χ0v) is 11.2. The van der Waals surface area contributed by atoms with Crippen molar-refractivity contribution in [1.82, 2.24) is 15.5 Å². The van der Waals surface area contributed by atoms with Crippen molar-refractivity contribution in [2.45, 2.75) is 46.7 Å². The van der Waals surface area contributed by atoms with Crippen molar-refractivity contribution in [2.75, 3.05) is 0 Å². The van der Waals surface area contributed by atoms with Gasteiger partial charge in [0.05, 0.1) is 5.69 Å². The quantitative estimate of drug-likeness (QED) is 0.840. The van der Waals surface area contributed by atoms with Gasteiger partial charge in [0.15, 0.2) is 0 Å². The summed E-state index contributed by atoms with van der Waals surface area (Å²) in [6, 6.07) is 3.93. The molecule has 1 aliphatic rings. The van der Waals surface area contributed by atoms with E-state index in [-0.39, 0.29) is 11.6 Å². The zero-order chi connectivity index (χ0) is 12.8. The van der Waals surface area contributed by atoms with Crippen molar-refractivity contribution in [3.8, 4) is 0 Å². The fourth-order valence-electron chi connectivity index (χ4n) is 2.54. The molecule has 1 atom stereocenters. The minimum Gasteiger partial charge on any atom is -0.305 e. The Morgan fingerprint density at radius 2 is 1.88 bits per heavy atom. The predicted octanol–water partition coefficient (Wildman–Crippen LogP) is 1.86. The van der Waals surface area contributed by atoms with Gasteiger partial charge in [-0.05, 0) is 23.8 Å². The maximum absolute atomic E-state index is 10.9. The molecule has 2 rings (SSSR count). The Balaban J connectivity index is 2.07. The molecule has 1 saturated carbocycles. The lowest BCUT2D eigenvalue weighted by Gasteiger charge is -2.14. The average molecular weight is 235 g/mol. The molecule has 2 N–H and O–H groups in total. The molecule has 94 valence electrons. The molecule has 1 aromatic rings. The van der Waals surface area contributed by atoms with Crippen molar-refractivity contribution < 1.29 is 0 Å². The third kappa shape index (κ3) is 1.90. The fraction of sp³-hybridized carbons (Fsp3) is 0.692. The Morgan fingerprint density at radius 1 is 1.29 bits per heavy atom. The standard InChI is InChI=1S/C13H21N3O/c1-8(9-6-7-10(17)16-15-9)14-11-12(2,3)13(11,4)5/h6-8,11,14H,1-5H3,(H,16,17). The predicted molar refractivity (Wildman–Crippen MR) is 67.8 cm³/mol. The first-order chi connectivity index (χ1) is 7.76. The highest BCUT2D eigenvalue weighted by molar-refractivity contribution is 5.19. The second kappa shape index (κ2) is 3.67. The Morgan fingerprint density at radius 3 is 2.29 bits per heavy atom. The molecule has 0 bridgehead atoms. The highest BCUT2D eigenvalue weighted by atomic mass is 16.1. The lowest BCUT2D eigenvalue weighted by atomic mass is 10.0. The van der Waals surface area contributed by atoms with Crippen LogP contribution in [0.1, 0.15) is 46.4 Å². The summed E-state index contributed by atoms with van der Waals surface area (Å²) in [4.78, 5) is 10.9. The molecular formula is C13H21N3O. The van der Waals surface area contributed by atoms with Crippen LogP contribution in [0.25, 0.3) is 0 Å². The number of aromatic nitrogens is 2. The molecular weight excluding hydrogens is 214 g/mol. The Labute approximate surface area is 102 Å². The van der Waals surface area contributed by atoms with Crippen LogP contribution in [-0.2, 0) is 0 Å². The normalized spacial score (nSPS) is 23.4. The summed E-state index contributed by atoms with van der Waals surface area (Å²) in [5.74, 6) is 0. The summed E-state index contributed by atoms with van der Waals surface area (Å²) >= 11 is 0. The molecule has 0 radical (unpaired) electrons. The van der Waals surface area contributed by atoms with E-state index >= 15 is 0 Å². The first-order valence-electron chi connectivity index (χ1n) is 6.08. The van der Waals surface area contributed by atoms with Gasteiger partial charge in [0.1, 0.15) is 0 Å². The van der Waals surface area contributed by atoms with Crippen molar-refractivity contribution in [3.05, 3.63) is 28.2 Å². The van der Waals surface area contributed by atoms with E-state index in [9.17, 15) is 4.79 Å². The Kier molecular flexibility index (Phi) is 2.65. The van der Waals surface area contributed by atoms with Gasteiger partial charge in [-0.15, -0.1) is 0 Å². The van der Waals surface area contributed by atoms with Gasteiger partial charge >= 0.3 is 0 Å². The smallest absolute Gasteiger partial charge is 0.264 e. The largest absolute Gasteiger partial charge is 0.305 e. The second-order valence-electron chi connectivity index (χ2n) is 6.11. The minimum atomic E-state index is -0.159. The van der Waals surface area contributed by atoms with Crippen LogP contribution < -0.4 is 10.9 Å². The number of hydrogen-bond donors (Lipinski definition) is 2. The van der Waals surface area contributed by atoms with E-state index in [1.807, 2.05) is 0 Å². The molecule has 0 saturated heterocycles. The van der Waals surface area contributed by atoms with Crippen LogP contribution >= 0.6 is 0 Å². The van der Waals surface area contributed by atoms with Crippen LogP contribution in [0.15, 0.2) is 16.9 Å². The summed E-state index contributed by atoms with van der Waals surface area (Å²) in [5.41, 5.74) is 1.34. The monoisotopic (exact) mass is 235 g/mol. The topological polar surface area (TPSA) is 57.8 Å². The van der Waals surface area contributed by atoms with E-state index in [4.69, 9.17) is 0 Å². The van der Waals surface area contributed by atoms with E-state index in [1.54, 1.807) is 6.07 Å². The Hall–Kier alpha value is -1.16. The van der Waals surface area contributed by atoms with Gasteiger partial charge in [-0.1, -0.05) is 27.7 Å². The van der Waals surface area contributed by atoms with E-state index in [0.29, 0.717) is 16.9 Å². The highest BCUT2D eigenvalue weighted by Gasteiger charge is 2.64. The maximum atomic E-state index is 10.9. The number of hydrogen-bond acceptors (Lipinski definition) is 3.